The summed E-state index contributed by atoms with van der Waals surface area (Å²) in [6.07, 6.45) is 0.367. The number of nitrogens with zero attached hydrogens (tertiary/aromatic N) is 4. The summed E-state index contributed by atoms with van der Waals surface area (Å²) in [5.41, 5.74) is 0.638. The lowest BCUT2D eigenvalue weighted by Crippen LogP contribution is -2.05. The minimum Gasteiger partial charge on any atom is -0.396 e. The molecule has 5 nitrogen and oxygen atoms in total. The molecular formula is C9H8Cl2N4O. The molecule has 0 aliphatic heterocycles. The third-order valence-electron chi connectivity index (χ3n) is 2.01. The van der Waals surface area contributed by atoms with Gasteiger partial charge in [0, 0.05) is 11.4 Å². The van der Waals surface area contributed by atoms with E-state index < -0.39 is 0 Å². The highest BCUT2D eigenvalue weighted by Gasteiger charge is 2.10. The van der Waals surface area contributed by atoms with Crippen LogP contribution in [0.25, 0.3) is 5.69 Å². The predicted molar refractivity (Wildman–Crippen MR) is 60.0 cm³/mol. The molecule has 0 amide bonds. The van der Waals surface area contributed by atoms with Gasteiger partial charge in [0.15, 0.2) is 5.82 Å². The highest BCUT2D eigenvalue weighted by molar-refractivity contribution is 6.35. The molecule has 2 rings (SSSR count). The van der Waals surface area contributed by atoms with Gasteiger partial charge in [-0.2, -0.15) is 4.68 Å². The summed E-state index contributed by atoms with van der Waals surface area (Å²) in [5.74, 6) is 0.548. The van der Waals surface area contributed by atoms with Crippen molar-refractivity contribution in [2.45, 2.75) is 6.42 Å². The summed E-state index contributed by atoms with van der Waals surface area (Å²) >= 11 is 11.8. The standard InChI is InChI=1S/C9H8Cl2N4O/c10-6-1-2-8(7(11)5-6)15-9(3-4-16)12-13-14-15/h1-2,5,16H,3-4H2. The maximum Gasteiger partial charge on any atom is 0.159 e. The van der Waals surface area contributed by atoms with E-state index in [0.29, 0.717) is 28.0 Å². The topological polar surface area (TPSA) is 63.8 Å². The zero-order chi connectivity index (χ0) is 11.5. The normalized spacial score (nSPS) is 10.7. The zero-order valence-electron chi connectivity index (χ0n) is 8.14. The van der Waals surface area contributed by atoms with Crippen LogP contribution < -0.4 is 0 Å². The lowest BCUT2D eigenvalue weighted by atomic mass is 10.3. The average Bonchev–Trinajstić information content (AvgIpc) is 2.67. The van der Waals surface area contributed by atoms with E-state index in [-0.39, 0.29) is 6.61 Å². The number of halogens is 2. The first-order valence-electron chi connectivity index (χ1n) is 4.56. The van der Waals surface area contributed by atoms with E-state index in [1.54, 1.807) is 18.2 Å². The number of hydrogen-bond donors (Lipinski definition) is 1. The average molecular weight is 259 g/mol. The van der Waals surface area contributed by atoms with E-state index in [0.717, 1.165) is 0 Å². The Morgan fingerprint density at radius 2 is 2.12 bits per heavy atom. The van der Waals surface area contributed by atoms with Gasteiger partial charge in [-0.25, -0.2) is 0 Å². The molecule has 0 radical (unpaired) electrons. The van der Waals surface area contributed by atoms with Crippen LogP contribution in [0.3, 0.4) is 0 Å². The third-order valence-corrected chi connectivity index (χ3v) is 2.55. The van der Waals surface area contributed by atoms with Gasteiger partial charge >= 0.3 is 0 Å². The molecule has 1 aromatic heterocycles. The van der Waals surface area contributed by atoms with Crippen molar-refractivity contribution in [3.05, 3.63) is 34.1 Å². The van der Waals surface area contributed by atoms with Crippen LogP contribution in [-0.4, -0.2) is 31.9 Å². The van der Waals surface area contributed by atoms with E-state index in [2.05, 4.69) is 15.5 Å². The van der Waals surface area contributed by atoms with Crippen molar-refractivity contribution in [2.24, 2.45) is 0 Å². The van der Waals surface area contributed by atoms with Gasteiger partial charge in [-0.3, -0.25) is 0 Å². The summed E-state index contributed by atoms with van der Waals surface area (Å²) in [6.45, 7) is -0.0222. The first-order valence-corrected chi connectivity index (χ1v) is 5.31. The largest absolute Gasteiger partial charge is 0.396 e. The molecule has 1 N–H and O–H groups in total. The number of aromatic nitrogens is 4. The second-order valence-electron chi connectivity index (χ2n) is 3.08. The van der Waals surface area contributed by atoms with Crippen LogP contribution in [0, 0.1) is 0 Å². The molecule has 0 bridgehead atoms. The third kappa shape index (κ3) is 2.16. The van der Waals surface area contributed by atoms with E-state index in [9.17, 15) is 0 Å². The van der Waals surface area contributed by atoms with Gasteiger partial charge in [-0.05, 0) is 28.6 Å². The Hall–Kier alpha value is -1.17. The Kier molecular flexibility index (Phi) is 3.38. The van der Waals surface area contributed by atoms with Crippen LogP contribution in [-0.2, 0) is 6.42 Å². The van der Waals surface area contributed by atoms with Crippen molar-refractivity contribution < 1.29 is 5.11 Å². The number of tetrazole rings is 1. The smallest absolute Gasteiger partial charge is 0.159 e. The van der Waals surface area contributed by atoms with Crippen LogP contribution in [0.4, 0.5) is 0 Å². The van der Waals surface area contributed by atoms with Crippen molar-refractivity contribution in [1.82, 2.24) is 20.2 Å². The first-order chi connectivity index (χ1) is 7.72. The molecule has 84 valence electrons. The van der Waals surface area contributed by atoms with Crippen molar-refractivity contribution in [2.75, 3.05) is 6.61 Å². The van der Waals surface area contributed by atoms with Gasteiger partial charge in [-0.15, -0.1) is 5.10 Å². The first kappa shape index (κ1) is 11.3. The summed E-state index contributed by atoms with van der Waals surface area (Å²) in [6, 6.07) is 5.04. The van der Waals surface area contributed by atoms with Gasteiger partial charge in [0.1, 0.15) is 0 Å². The SMILES string of the molecule is OCCc1nnnn1-c1ccc(Cl)cc1Cl. The van der Waals surface area contributed by atoms with Crippen LogP contribution in [0.1, 0.15) is 5.82 Å². The highest BCUT2D eigenvalue weighted by atomic mass is 35.5. The lowest BCUT2D eigenvalue weighted by Gasteiger charge is -2.05. The summed E-state index contributed by atoms with van der Waals surface area (Å²) in [4.78, 5) is 0. The number of rotatable bonds is 3. The van der Waals surface area contributed by atoms with E-state index in [1.165, 1.54) is 4.68 Å². The Labute approximate surface area is 102 Å². The Bertz CT molecular complexity index is 500. The molecule has 0 saturated carbocycles. The summed E-state index contributed by atoms with van der Waals surface area (Å²) in [5, 5.41) is 21.0. The maximum absolute atomic E-state index is 8.86. The second kappa shape index (κ2) is 4.78. The van der Waals surface area contributed by atoms with Crippen molar-refractivity contribution in [3.8, 4) is 5.69 Å². The number of benzene rings is 1. The molecule has 1 heterocycles. The monoisotopic (exact) mass is 258 g/mol. The fraction of sp³-hybridized carbons (Fsp3) is 0.222. The molecule has 0 spiro atoms. The summed E-state index contributed by atoms with van der Waals surface area (Å²) < 4.78 is 1.48. The van der Waals surface area contributed by atoms with Gasteiger partial charge in [0.05, 0.1) is 17.3 Å². The van der Waals surface area contributed by atoms with Crippen LogP contribution in [0.15, 0.2) is 18.2 Å². The van der Waals surface area contributed by atoms with Gasteiger partial charge in [0.25, 0.3) is 0 Å². The molecule has 7 heteroatoms. The molecule has 0 unspecified atom stereocenters. The van der Waals surface area contributed by atoms with Gasteiger partial charge < -0.3 is 5.11 Å². The molecule has 2 aromatic rings. The minimum absolute atomic E-state index is 0.0222. The van der Waals surface area contributed by atoms with Crippen LogP contribution >= 0.6 is 23.2 Å². The minimum atomic E-state index is -0.0222. The van der Waals surface area contributed by atoms with Crippen molar-refractivity contribution >= 4 is 23.2 Å². The Morgan fingerprint density at radius 1 is 1.31 bits per heavy atom. The van der Waals surface area contributed by atoms with Gasteiger partial charge in [-0.1, -0.05) is 23.2 Å². The van der Waals surface area contributed by atoms with Crippen LogP contribution in [0.5, 0.6) is 0 Å². The maximum atomic E-state index is 8.86. The summed E-state index contributed by atoms with van der Waals surface area (Å²) in [7, 11) is 0. The number of aliphatic hydroxyl groups is 1. The number of aliphatic hydroxyl groups excluding tert-OH is 1. The molecule has 1 aromatic carbocycles. The molecular weight excluding hydrogens is 251 g/mol. The Morgan fingerprint density at radius 3 is 2.81 bits per heavy atom. The lowest BCUT2D eigenvalue weighted by molar-refractivity contribution is 0.295. The molecule has 0 atom stereocenters. The quantitative estimate of drug-likeness (QED) is 0.907. The molecule has 0 aliphatic rings. The zero-order valence-corrected chi connectivity index (χ0v) is 9.65. The molecule has 16 heavy (non-hydrogen) atoms. The Balaban J connectivity index is 2.46. The predicted octanol–water partition coefficient (Wildman–Crippen LogP) is 1.50. The number of hydrogen-bond acceptors (Lipinski definition) is 4. The molecule has 0 fully saturated rings. The van der Waals surface area contributed by atoms with Crippen molar-refractivity contribution in [3.63, 3.8) is 0 Å². The second-order valence-corrected chi connectivity index (χ2v) is 3.92. The molecule has 0 saturated heterocycles. The fourth-order valence-corrected chi connectivity index (χ4v) is 1.79. The molecule has 0 aliphatic carbocycles. The fourth-order valence-electron chi connectivity index (χ4n) is 1.30. The highest BCUT2D eigenvalue weighted by Crippen LogP contribution is 2.24. The van der Waals surface area contributed by atoms with Crippen molar-refractivity contribution in [1.29, 1.82) is 0 Å². The van der Waals surface area contributed by atoms with E-state index >= 15 is 0 Å². The van der Waals surface area contributed by atoms with E-state index in [1.807, 2.05) is 0 Å². The van der Waals surface area contributed by atoms with E-state index in [4.69, 9.17) is 28.3 Å². The van der Waals surface area contributed by atoms with Crippen LogP contribution in [0.2, 0.25) is 10.0 Å². The van der Waals surface area contributed by atoms with Gasteiger partial charge in [0.2, 0.25) is 0 Å².